The second-order valence-electron chi connectivity index (χ2n) is 7.25. The van der Waals surface area contributed by atoms with Crippen LogP contribution in [0.25, 0.3) is 0 Å². The molecule has 7 nitrogen and oxygen atoms in total. The van der Waals surface area contributed by atoms with Crippen molar-refractivity contribution in [2.24, 2.45) is 0 Å². The molecule has 0 unspecified atom stereocenters. The molecule has 178 valence electrons. The Hall–Kier alpha value is -2.77. The highest BCUT2D eigenvalue weighted by molar-refractivity contribution is 5.85. The summed E-state index contributed by atoms with van der Waals surface area (Å²) in [7, 11) is 5.88. The number of nitrogens with zero attached hydrogens (tertiary/aromatic N) is 1. The second-order valence-corrected chi connectivity index (χ2v) is 7.25. The Kier molecular flexibility index (Phi) is 15.4. The predicted octanol–water partition coefficient (Wildman–Crippen LogP) is 4.17. The first-order valence-electron chi connectivity index (χ1n) is 10.2. The SMILES string of the molecule is COc1cccc(CCc2ccccc2OCCCN(C)C)c1.Cl.O=C(O)CCC(=O)O. The number of aryl methyl sites for hydroxylation is 2. The number of halogens is 1. The maximum atomic E-state index is 9.64. The molecule has 0 fully saturated rings. The van der Waals surface area contributed by atoms with E-state index in [0.717, 1.165) is 43.9 Å². The largest absolute Gasteiger partial charge is 0.497 e. The van der Waals surface area contributed by atoms with Crippen molar-refractivity contribution in [3.05, 3.63) is 59.7 Å². The van der Waals surface area contributed by atoms with E-state index >= 15 is 0 Å². The zero-order chi connectivity index (χ0) is 23.1. The summed E-state index contributed by atoms with van der Waals surface area (Å²) in [6, 6.07) is 16.6. The van der Waals surface area contributed by atoms with Crippen molar-refractivity contribution in [1.82, 2.24) is 4.90 Å². The van der Waals surface area contributed by atoms with E-state index in [9.17, 15) is 9.59 Å². The average Bonchev–Trinajstić information content (AvgIpc) is 2.75. The van der Waals surface area contributed by atoms with Gasteiger partial charge in [0.25, 0.3) is 0 Å². The van der Waals surface area contributed by atoms with Gasteiger partial charge >= 0.3 is 11.9 Å². The Morgan fingerprint density at radius 2 is 1.59 bits per heavy atom. The van der Waals surface area contributed by atoms with Crippen LogP contribution < -0.4 is 9.47 Å². The standard InChI is InChI=1S/C20H27NO2.C4H6O4.ClH/c1-21(2)14-7-15-23-20-11-5-4-9-18(20)13-12-17-8-6-10-19(16-17)22-3;5-3(6)1-2-4(7)8;/h4-6,8-11,16H,7,12-15H2,1-3H3;1-2H2,(H,5,6)(H,7,8);1H. The minimum absolute atomic E-state index is 0. The van der Waals surface area contributed by atoms with Gasteiger partial charge in [0.1, 0.15) is 11.5 Å². The maximum Gasteiger partial charge on any atom is 0.303 e. The van der Waals surface area contributed by atoms with Gasteiger partial charge in [-0.2, -0.15) is 0 Å². The number of methoxy groups -OCH3 is 1. The molecule has 0 aliphatic rings. The first-order valence-corrected chi connectivity index (χ1v) is 10.2. The molecule has 0 saturated carbocycles. The molecule has 0 saturated heterocycles. The smallest absolute Gasteiger partial charge is 0.303 e. The molecule has 0 radical (unpaired) electrons. The van der Waals surface area contributed by atoms with Crippen LogP contribution in [0.5, 0.6) is 11.5 Å². The van der Waals surface area contributed by atoms with Gasteiger partial charge in [0.2, 0.25) is 0 Å². The minimum Gasteiger partial charge on any atom is -0.497 e. The van der Waals surface area contributed by atoms with Crippen molar-refractivity contribution in [3.8, 4) is 11.5 Å². The maximum absolute atomic E-state index is 9.64. The molecule has 2 rings (SSSR count). The van der Waals surface area contributed by atoms with Gasteiger partial charge in [-0.05, 0) is 62.7 Å². The summed E-state index contributed by atoms with van der Waals surface area (Å²) in [4.78, 5) is 21.5. The summed E-state index contributed by atoms with van der Waals surface area (Å²) < 4.78 is 11.3. The van der Waals surface area contributed by atoms with Crippen LogP contribution >= 0.6 is 12.4 Å². The van der Waals surface area contributed by atoms with E-state index in [1.54, 1.807) is 7.11 Å². The van der Waals surface area contributed by atoms with Gasteiger partial charge in [0.05, 0.1) is 26.6 Å². The van der Waals surface area contributed by atoms with Crippen LogP contribution in [0.2, 0.25) is 0 Å². The van der Waals surface area contributed by atoms with Crippen molar-refractivity contribution in [1.29, 1.82) is 0 Å². The van der Waals surface area contributed by atoms with Crippen LogP contribution in [-0.4, -0.2) is 61.4 Å². The van der Waals surface area contributed by atoms with Crippen LogP contribution in [0, 0.1) is 0 Å². The molecule has 0 bridgehead atoms. The van der Waals surface area contributed by atoms with Crippen molar-refractivity contribution in [2.45, 2.75) is 32.1 Å². The summed E-state index contributed by atoms with van der Waals surface area (Å²) in [5.74, 6) is -0.232. The lowest BCUT2D eigenvalue weighted by Crippen LogP contribution is -2.15. The van der Waals surface area contributed by atoms with E-state index in [1.165, 1.54) is 11.1 Å². The molecule has 0 aliphatic carbocycles. The molecule has 32 heavy (non-hydrogen) atoms. The van der Waals surface area contributed by atoms with Gasteiger partial charge in [0.15, 0.2) is 0 Å². The van der Waals surface area contributed by atoms with E-state index in [2.05, 4.69) is 49.3 Å². The first kappa shape index (κ1) is 29.2. The first-order chi connectivity index (χ1) is 14.8. The highest BCUT2D eigenvalue weighted by Gasteiger charge is 2.05. The van der Waals surface area contributed by atoms with E-state index < -0.39 is 11.9 Å². The Balaban J connectivity index is 0.000000917. The quantitative estimate of drug-likeness (QED) is 0.452. The fraction of sp³-hybridized carbons (Fsp3) is 0.417. The van der Waals surface area contributed by atoms with Crippen molar-refractivity contribution in [3.63, 3.8) is 0 Å². The highest BCUT2D eigenvalue weighted by Crippen LogP contribution is 2.21. The molecule has 0 aliphatic heterocycles. The number of ether oxygens (including phenoxy) is 2. The molecule has 2 N–H and O–H groups in total. The zero-order valence-corrected chi connectivity index (χ0v) is 19.8. The van der Waals surface area contributed by atoms with Gasteiger partial charge < -0.3 is 24.6 Å². The third-order valence-electron chi connectivity index (χ3n) is 4.35. The van der Waals surface area contributed by atoms with Gasteiger partial charge in [-0.25, -0.2) is 0 Å². The van der Waals surface area contributed by atoms with Crippen molar-refractivity contribution < 1.29 is 29.3 Å². The number of aliphatic carboxylic acids is 2. The van der Waals surface area contributed by atoms with Crippen LogP contribution in [-0.2, 0) is 22.4 Å². The predicted molar refractivity (Wildman–Crippen MR) is 127 cm³/mol. The fourth-order valence-corrected chi connectivity index (χ4v) is 2.73. The molecule has 2 aromatic carbocycles. The number of hydrogen-bond acceptors (Lipinski definition) is 5. The summed E-state index contributed by atoms with van der Waals surface area (Å²) in [5.41, 5.74) is 2.55. The van der Waals surface area contributed by atoms with Crippen LogP contribution in [0.1, 0.15) is 30.4 Å². The molecule has 0 atom stereocenters. The molecule has 0 amide bonds. The van der Waals surface area contributed by atoms with Gasteiger partial charge in [-0.1, -0.05) is 30.3 Å². The van der Waals surface area contributed by atoms with Gasteiger partial charge in [0, 0.05) is 6.54 Å². The van der Waals surface area contributed by atoms with Crippen molar-refractivity contribution >= 4 is 24.3 Å². The highest BCUT2D eigenvalue weighted by atomic mass is 35.5. The number of carboxylic acid groups (broad SMARTS) is 2. The van der Waals surface area contributed by atoms with Crippen LogP contribution in [0.15, 0.2) is 48.5 Å². The third-order valence-corrected chi connectivity index (χ3v) is 4.35. The number of rotatable bonds is 12. The average molecular weight is 468 g/mol. The molecule has 8 heteroatoms. The topological polar surface area (TPSA) is 96.3 Å². The number of carboxylic acids is 2. The lowest BCUT2D eigenvalue weighted by atomic mass is 10.0. The number of benzene rings is 2. The lowest BCUT2D eigenvalue weighted by molar-refractivity contribution is -0.143. The monoisotopic (exact) mass is 467 g/mol. The minimum atomic E-state index is -1.08. The summed E-state index contributed by atoms with van der Waals surface area (Å²) in [6.45, 7) is 1.81. The normalized spacial score (nSPS) is 9.88. The van der Waals surface area contributed by atoms with Crippen LogP contribution in [0.3, 0.4) is 0 Å². The summed E-state index contributed by atoms with van der Waals surface area (Å²) in [6.07, 6.45) is 2.40. The number of hydrogen-bond donors (Lipinski definition) is 2. The molecular formula is C24H34ClNO6. The Morgan fingerprint density at radius 3 is 2.19 bits per heavy atom. The van der Waals surface area contributed by atoms with Gasteiger partial charge in [-0.3, -0.25) is 9.59 Å². The van der Waals surface area contributed by atoms with E-state index in [0.29, 0.717) is 0 Å². The third kappa shape index (κ3) is 13.5. The fourth-order valence-electron chi connectivity index (χ4n) is 2.73. The number of para-hydroxylation sites is 1. The molecule has 0 heterocycles. The van der Waals surface area contributed by atoms with E-state index in [-0.39, 0.29) is 25.2 Å². The summed E-state index contributed by atoms with van der Waals surface area (Å²) >= 11 is 0. The second kappa shape index (κ2) is 16.9. The molecule has 0 spiro atoms. The Labute approximate surface area is 196 Å². The van der Waals surface area contributed by atoms with E-state index in [4.69, 9.17) is 19.7 Å². The lowest BCUT2D eigenvalue weighted by Gasteiger charge is -2.13. The summed E-state index contributed by atoms with van der Waals surface area (Å²) in [5, 5.41) is 15.8. The van der Waals surface area contributed by atoms with Gasteiger partial charge in [-0.15, -0.1) is 12.4 Å². The molecule has 0 aromatic heterocycles. The van der Waals surface area contributed by atoms with Crippen molar-refractivity contribution in [2.75, 3.05) is 34.4 Å². The molecule has 2 aromatic rings. The zero-order valence-electron chi connectivity index (χ0n) is 19.0. The van der Waals surface area contributed by atoms with Crippen LogP contribution in [0.4, 0.5) is 0 Å². The Morgan fingerprint density at radius 1 is 0.938 bits per heavy atom. The Bertz CT molecular complexity index is 799. The molecular weight excluding hydrogens is 434 g/mol. The van der Waals surface area contributed by atoms with E-state index in [1.807, 2.05) is 18.2 Å². The number of carbonyl (C=O) groups is 2.